The molecule has 0 saturated heterocycles. The van der Waals surface area contributed by atoms with Crippen molar-refractivity contribution < 1.29 is 4.39 Å². The van der Waals surface area contributed by atoms with Crippen LogP contribution in [0.2, 0.25) is 5.02 Å². The van der Waals surface area contributed by atoms with Gasteiger partial charge in [0.2, 0.25) is 0 Å². The maximum absolute atomic E-state index is 13.1. The zero-order valence-corrected chi connectivity index (χ0v) is 13.1. The summed E-state index contributed by atoms with van der Waals surface area (Å²) in [5.41, 5.74) is 3.57. The van der Waals surface area contributed by atoms with E-state index in [1.807, 2.05) is 6.07 Å². The molecule has 2 rings (SSSR count). The van der Waals surface area contributed by atoms with Crippen LogP contribution in [-0.4, -0.2) is 19.0 Å². The first-order valence-corrected chi connectivity index (χ1v) is 7.30. The van der Waals surface area contributed by atoms with Crippen LogP contribution in [0.25, 0.3) is 0 Å². The molecule has 0 atom stereocenters. The van der Waals surface area contributed by atoms with E-state index in [0.29, 0.717) is 6.54 Å². The summed E-state index contributed by atoms with van der Waals surface area (Å²) in [6.45, 7) is 2.36. The van der Waals surface area contributed by atoms with Gasteiger partial charge in [0, 0.05) is 19.6 Å². The van der Waals surface area contributed by atoms with E-state index in [-0.39, 0.29) is 10.8 Å². The largest absolute Gasteiger partial charge is 0.309 e. The summed E-state index contributed by atoms with van der Waals surface area (Å²) in [7, 11) is 4.12. The van der Waals surface area contributed by atoms with Crippen LogP contribution in [0.3, 0.4) is 0 Å². The molecule has 4 heteroatoms. The first-order chi connectivity index (χ1) is 10.1. The smallest absolute Gasteiger partial charge is 0.141 e. The Morgan fingerprint density at radius 2 is 1.76 bits per heavy atom. The lowest BCUT2D eigenvalue weighted by molar-refractivity contribution is 0.400. The average Bonchev–Trinajstić information content (AvgIpc) is 2.44. The molecular weight excluding hydrogens is 287 g/mol. The van der Waals surface area contributed by atoms with Crippen LogP contribution in [0.1, 0.15) is 16.7 Å². The van der Waals surface area contributed by atoms with Crippen LogP contribution in [0.5, 0.6) is 0 Å². The molecule has 112 valence electrons. The molecule has 2 nitrogen and oxygen atoms in total. The van der Waals surface area contributed by atoms with Crippen LogP contribution in [-0.2, 0) is 19.6 Å². The topological polar surface area (TPSA) is 15.3 Å². The van der Waals surface area contributed by atoms with Crippen LogP contribution in [0, 0.1) is 5.82 Å². The molecule has 0 fully saturated rings. The molecule has 1 N–H and O–H groups in total. The minimum absolute atomic E-state index is 0.169. The van der Waals surface area contributed by atoms with Gasteiger partial charge in [-0.1, -0.05) is 41.9 Å². The van der Waals surface area contributed by atoms with Gasteiger partial charge in [0.15, 0.2) is 0 Å². The summed E-state index contributed by atoms with van der Waals surface area (Å²) < 4.78 is 13.1. The zero-order valence-electron chi connectivity index (χ0n) is 12.4. The summed E-state index contributed by atoms with van der Waals surface area (Å²) in [6.07, 6.45) is 0. The van der Waals surface area contributed by atoms with E-state index in [0.717, 1.165) is 18.7 Å². The molecule has 21 heavy (non-hydrogen) atoms. The molecular formula is C17H20ClFN2. The Bertz CT molecular complexity index is 599. The van der Waals surface area contributed by atoms with Gasteiger partial charge in [-0.2, -0.15) is 0 Å². The van der Waals surface area contributed by atoms with E-state index in [1.54, 1.807) is 12.1 Å². The number of nitrogens with zero attached hydrogens (tertiary/aromatic N) is 1. The molecule has 0 aliphatic rings. The van der Waals surface area contributed by atoms with Gasteiger partial charge >= 0.3 is 0 Å². The Balaban J connectivity index is 1.95. The Morgan fingerprint density at radius 1 is 1.05 bits per heavy atom. The third-order valence-corrected chi connectivity index (χ3v) is 3.52. The quantitative estimate of drug-likeness (QED) is 0.872. The van der Waals surface area contributed by atoms with Crippen LogP contribution in [0.15, 0.2) is 42.5 Å². The highest BCUT2D eigenvalue weighted by atomic mass is 35.5. The van der Waals surface area contributed by atoms with Gasteiger partial charge < -0.3 is 10.2 Å². The van der Waals surface area contributed by atoms with Crippen LogP contribution in [0.4, 0.5) is 4.39 Å². The summed E-state index contributed by atoms with van der Waals surface area (Å²) in [6, 6.07) is 13.2. The zero-order chi connectivity index (χ0) is 15.2. The number of nitrogens with one attached hydrogen (secondary N) is 1. The number of hydrogen-bond donors (Lipinski definition) is 1. The minimum atomic E-state index is -0.378. The lowest BCUT2D eigenvalue weighted by Gasteiger charge is -2.14. The highest BCUT2D eigenvalue weighted by molar-refractivity contribution is 6.30. The maximum Gasteiger partial charge on any atom is 0.141 e. The first-order valence-electron chi connectivity index (χ1n) is 6.92. The lowest BCUT2D eigenvalue weighted by atomic mass is 10.1. The van der Waals surface area contributed by atoms with Crippen LogP contribution >= 0.6 is 11.6 Å². The molecule has 0 heterocycles. The molecule has 0 unspecified atom stereocenters. The van der Waals surface area contributed by atoms with E-state index in [4.69, 9.17) is 11.6 Å². The van der Waals surface area contributed by atoms with Crippen molar-refractivity contribution in [2.75, 3.05) is 14.1 Å². The molecule has 0 amide bonds. The Labute approximate surface area is 130 Å². The van der Waals surface area contributed by atoms with E-state index in [9.17, 15) is 4.39 Å². The Kier molecular flexibility index (Phi) is 5.74. The van der Waals surface area contributed by atoms with Crippen LogP contribution < -0.4 is 5.32 Å². The van der Waals surface area contributed by atoms with Gasteiger partial charge in [0.1, 0.15) is 5.82 Å². The fourth-order valence-electron chi connectivity index (χ4n) is 2.22. The number of hydrogen-bond acceptors (Lipinski definition) is 2. The van der Waals surface area contributed by atoms with Crippen molar-refractivity contribution in [3.8, 4) is 0 Å². The monoisotopic (exact) mass is 306 g/mol. The Morgan fingerprint density at radius 3 is 2.43 bits per heavy atom. The minimum Gasteiger partial charge on any atom is -0.309 e. The molecule has 0 aliphatic heterocycles. The predicted molar refractivity (Wildman–Crippen MR) is 85.8 cm³/mol. The van der Waals surface area contributed by atoms with Gasteiger partial charge in [-0.25, -0.2) is 4.39 Å². The third kappa shape index (κ3) is 4.81. The van der Waals surface area contributed by atoms with Crippen molar-refractivity contribution in [1.82, 2.24) is 10.2 Å². The molecule has 0 saturated carbocycles. The predicted octanol–water partition coefficient (Wildman–Crippen LogP) is 3.83. The molecule has 0 aromatic heterocycles. The molecule has 0 bridgehead atoms. The summed E-state index contributed by atoms with van der Waals surface area (Å²) >= 11 is 5.78. The third-order valence-electron chi connectivity index (χ3n) is 3.23. The van der Waals surface area contributed by atoms with Gasteiger partial charge in [0.25, 0.3) is 0 Å². The van der Waals surface area contributed by atoms with Crippen molar-refractivity contribution in [1.29, 1.82) is 0 Å². The summed E-state index contributed by atoms with van der Waals surface area (Å²) in [4.78, 5) is 2.15. The van der Waals surface area contributed by atoms with Crippen molar-refractivity contribution in [2.45, 2.75) is 19.6 Å². The lowest BCUT2D eigenvalue weighted by Crippen LogP contribution is -2.17. The van der Waals surface area contributed by atoms with Gasteiger partial charge in [-0.15, -0.1) is 0 Å². The van der Waals surface area contributed by atoms with Gasteiger partial charge in [0.05, 0.1) is 5.02 Å². The fraction of sp³-hybridized carbons (Fsp3) is 0.294. The first kappa shape index (κ1) is 16.0. The number of rotatable bonds is 6. The van der Waals surface area contributed by atoms with Crippen molar-refractivity contribution in [3.63, 3.8) is 0 Å². The molecule has 2 aromatic carbocycles. The van der Waals surface area contributed by atoms with Gasteiger partial charge in [-0.05, 0) is 42.9 Å². The average molecular weight is 307 g/mol. The fourth-order valence-corrected chi connectivity index (χ4v) is 2.42. The molecule has 0 radical (unpaired) electrons. The molecule has 0 aliphatic carbocycles. The summed E-state index contributed by atoms with van der Waals surface area (Å²) in [5, 5.41) is 3.55. The van der Waals surface area contributed by atoms with E-state index in [2.05, 4.69) is 42.5 Å². The second kappa shape index (κ2) is 7.55. The maximum atomic E-state index is 13.1. The highest BCUT2D eigenvalue weighted by Crippen LogP contribution is 2.16. The van der Waals surface area contributed by atoms with Crippen molar-refractivity contribution in [2.24, 2.45) is 0 Å². The standard InChI is InChI=1S/C17H20ClFN2/c1-21(2)12-15-6-4-3-5-14(15)11-20-10-13-7-8-17(19)16(18)9-13/h3-9,20H,10-12H2,1-2H3. The number of benzene rings is 2. The Hall–Kier alpha value is -1.42. The molecule has 2 aromatic rings. The second-order valence-electron chi connectivity index (χ2n) is 5.36. The van der Waals surface area contributed by atoms with E-state index >= 15 is 0 Å². The van der Waals surface area contributed by atoms with E-state index < -0.39 is 0 Å². The van der Waals surface area contributed by atoms with E-state index in [1.165, 1.54) is 17.2 Å². The normalized spacial score (nSPS) is 11.1. The van der Waals surface area contributed by atoms with Gasteiger partial charge in [-0.3, -0.25) is 0 Å². The SMILES string of the molecule is CN(C)Cc1ccccc1CNCc1ccc(F)c(Cl)c1. The van der Waals surface area contributed by atoms with Crippen molar-refractivity contribution >= 4 is 11.6 Å². The molecule has 0 spiro atoms. The number of halogens is 2. The van der Waals surface area contributed by atoms with Crippen molar-refractivity contribution in [3.05, 3.63) is 70.0 Å². The second-order valence-corrected chi connectivity index (χ2v) is 5.77. The highest BCUT2D eigenvalue weighted by Gasteiger charge is 2.04. The summed E-state index contributed by atoms with van der Waals surface area (Å²) in [5.74, 6) is -0.378.